The van der Waals surface area contributed by atoms with Gasteiger partial charge in [0.05, 0.1) is 6.04 Å². The summed E-state index contributed by atoms with van der Waals surface area (Å²) in [5, 5.41) is 3.19. The molecule has 176 valence electrons. The molecule has 2 aliphatic rings. The predicted octanol–water partition coefficient (Wildman–Crippen LogP) is 4.28. The highest BCUT2D eigenvalue weighted by Gasteiger charge is 2.35. The van der Waals surface area contributed by atoms with Crippen LogP contribution in [0.2, 0.25) is 0 Å². The molecule has 0 aromatic heterocycles. The van der Waals surface area contributed by atoms with Crippen LogP contribution in [0, 0.1) is 17.2 Å². The van der Waals surface area contributed by atoms with E-state index in [1.165, 1.54) is 12.1 Å². The highest BCUT2D eigenvalue weighted by molar-refractivity contribution is 7.90. The lowest BCUT2D eigenvalue weighted by molar-refractivity contribution is -0.127. The Morgan fingerprint density at radius 1 is 1.12 bits per heavy atom. The van der Waals surface area contributed by atoms with E-state index >= 15 is 0 Å². The number of hydrogen-bond acceptors (Lipinski definition) is 4. The molecule has 1 fully saturated rings. The van der Waals surface area contributed by atoms with Crippen LogP contribution in [0.3, 0.4) is 0 Å². The Bertz CT molecular complexity index is 1160. The molecular weight excluding hydrogens is 441 g/mol. The van der Waals surface area contributed by atoms with Crippen LogP contribution < -0.4 is 5.32 Å². The average molecular weight is 472 g/mol. The number of fused-ring (bicyclic) bond motifs is 1. The predicted molar refractivity (Wildman–Crippen MR) is 126 cm³/mol. The van der Waals surface area contributed by atoms with Crippen LogP contribution in [-0.2, 0) is 14.8 Å². The smallest absolute Gasteiger partial charge is 0.285 e. The Hall–Kier alpha value is -2.74. The van der Waals surface area contributed by atoms with Crippen LogP contribution in [0.25, 0.3) is 0 Å². The number of amides is 1. The van der Waals surface area contributed by atoms with Crippen LogP contribution in [0.5, 0.6) is 0 Å². The number of hydrogen-bond donors (Lipinski definition) is 1. The van der Waals surface area contributed by atoms with Crippen molar-refractivity contribution in [2.45, 2.75) is 51.0 Å². The molecule has 1 N–H and O–H groups in total. The molecule has 4 rings (SSSR count). The van der Waals surface area contributed by atoms with E-state index < -0.39 is 10.0 Å². The summed E-state index contributed by atoms with van der Waals surface area (Å²) in [6.45, 7) is 7.45. The number of rotatable bonds is 4. The summed E-state index contributed by atoms with van der Waals surface area (Å²) < 4.78 is 42.1. The van der Waals surface area contributed by atoms with Crippen molar-refractivity contribution in [1.82, 2.24) is 10.2 Å². The quantitative estimate of drug-likeness (QED) is 0.722. The molecule has 1 saturated heterocycles. The first-order chi connectivity index (χ1) is 15.5. The van der Waals surface area contributed by atoms with Crippen molar-refractivity contribution in [3.05, 3.63) is 65.5 Å². The summed E-state index contributed by atoms with van der Waals surface area (Å²) >= 11 is 0. The molecule has 0 bridgehead atoms. The van der Waals surface area contributed by atoms with Crippen molar-refractivity contribution >= 4 is 21.8 Å². The highest BCUT2D eigenvalue weighted by atomic mass is 32.2. The molecule has 2 heterocycles. The Balaban J connectivity index is 1.43. The van der Waals surface area contributed by atoms with E-state index in [4.69, 9.17) is 0 Å². The van der Waals surface area contributed by atoms with E-state index in [9.17, 15) is 17.6 Å². The maximum absolute atomic E-state index is 13.4. The molecule has 0 spiro atoms. The van der Waals surface area contributed by atoms with Gasteiger partial charge in [0.25, 0.3) is 10.0 Å². The zero-order valence-electron chi connectivity index (χ0n) is 19.2. The van der Waals surface area contributed by atoms with Crippen LogP contribution in [-0.4, -0.2) is 38.2 Å². The number of amidine groups is 1. The number of nitrogens with one attached hydrogen (secondary N) is 1. The lowest BCUT2D eigenvalue weighted by atomic mass is 9.85. The highest BCUT2D eigenvalue weighted by Crippen LogP contribution is 2.32. The molecule has 0 saturated carbocycles. The summed E-state index contributed by atoms with van der Waals surface area (Å²) in [5.41, 5.74) is 1.50. The minimum atomic E-state index is -3.66. The molecule has 0 aliphatic carbocycles. The molecule has 1 unspecified atom stereocenters. The van der Waals surface area contributed by atoms with Gasteiger partial charge in [0.2, 0.25) is 5.91 Å². The van der Waals surface area contributed by atoms with Crippen LogP contribution in [0.1, 0.15) is 57.2 Å². The Labute approximate surface area is 195 Å². The van der Waals surface area contributed by atoms with Gasteiger partial charge < -0.3 is 10.2 Å². The number of nitrogens with zero attached hydrogens (tertiary/aromatic N) is 2. The third-order valence-electron chi connectivity index (χ3n) is 6.18. The summed E-state index contributed by atoms with van der Waals surface area (Å²) in [7, 11) is -3.66. The molecule has 1 amide bonds. The van der Waals surface area contributed by atoms with Crippen molar-refractivity contribution in [1.29, 1.82) is 0 Å². The Morgan fingerprint density at radius 3 is 2.39 bits per heavy atom. The molecule has 33 heavy (non-hydrogen) atoms. The van der Waals surface area contributed by atoms with Crippen molar-refractivity contribution < 1.29 is 17.6 Å². The number of carbonyl (C=O) groups excluding carboxylic acids is 1. The Kier molecular flexibility index (Phi) is 6.31. The fraction of sp³-hybridized carbons (Fsp3) is 0.440. The average Bonchev–Trinajstić information content (AvgIpc) is 3.04. The van der Waals surface area contributed by atoms with Gasteiger partial charge in [-0.1, -0.05) is 45.0 Å². The van der Waals surface area contributed by atoms with E-state index in [0.717, 1.165) is 12.0 Å². The molecule has 8 heteroatoms. The van der Waals surface area contributed by atoms with Crippen LogP contribution >= 0.6 is 0 Å². The van der Waals surface area contributed by atoms with E-state index in [0.29, 0.717) is 37.3 Å². The van der Waals surface area contributed by atoms with Crippen LogP contribution in [0.15, 0.2) is 57.8 Å². The standard InChI is InChI=1S/C25H30FN3O3S/c1-25(2,3)16-21(17-8-10-19(26)11-9-17)27-24(30)18-12-14-29(15-13-18)23-20-6-4-5-7-22(20)33(31,32)28-23/h4-11,18,21H,12-16H2,1-3H3,(H,27,30). The summed E-state index contributed by atoms with van der Waals surface area (Å²) in [5.74, 6) is -0.0145. The number of carbonyl (C=O) groups is 1. The van der Waals surface area contributed by atoms with Gasteiger partial charge in [0.15, 0.2) is 5.84 Å². The number of piperidine rings is 1. The fourth-order valence-electron chi connectivity index (χ4n) is 4.52. The number of halogens is 1. The maximum Gasteiger partial charge on any atom is 0.285 e. The molecule has 1 atom stereocenters. The second-order valence-corrected chi connectivity index (χ2v) is 11.6. The first kappa shape index (κ1) is 23.4. The topological polar surface area (TPSA) is 78.8 Å². The second-order valence-electron chi connectivity index (χ2n) is 10.0. The van der Waals surface area contributed by atoms with E-state index in [1.807, 2.05) is 4.90 Å². The van der Waals surface area contributed by atoms with Crippen LogP contribution in [0.4, 0.5) is 4.39 Å². The minimum Gasteiger partial charge on any atom is -0.355 e. The Morgan fingerprint density at radius 2 is 1.76 bits per heavy atom. The van der Waals surface area contributed by atoms with Gasteiger partial charge in [0, 0.05) is 24.6 Å². The van der Waals surface area contributed by atoms with E-state index in [2.05, 4.69) is 30.5 Å². The van der Waals surface area contributed by atoms with Crippen molar-refractivity contribution in [3.63, 3.8) is 0 Å². The second kappa shape index (κ2) is 8.89. The van der Waals surface area contributed by atoms with Gasteiger partial charge in [-0.3, -0.25) is 4.79 Å². The zero-order valence-corrected chi connectivity index (χ0v) is 20.0. The molecule has 2 aromatic rings. The maximum atomic E-state index is 13.4. The van der Waals surface area contributed by atoms with Gasteiger partial charge >= 0.3 is 0 Å². The van der Waals surface area contributed by atoms with Gasteiger partial charge in [-0.25, -0.2) is 4.39 Å². The number of benzene rings is 2. The minimum absolute atomic E-state index is 0.0187. The lowest BCUT2D eigenvalue weighted by Gasteiger charge is -2.34. The van der Waals surface area contributed by atoms with Crippen molar-refractivity contribution in [2.75, 3.05) is 13.1 Å². The van der Waals surface area contributed by atoms with E-state index in [-0.39, 0.29) is 34.0 Å². The molecule has 2 aliphatic heterocycles. The largest absolute Gasteiger partial charge is 0.355 e. The molecule has 0 radical (unpaired) electrons. The first-order valence-corrected chi connectivity index (χ1v) is 12.7. The molecule has 6 nitrogen and oxygen atoms in total. The normalized spacial score (nSPS) is 19.0. The summed E-state index contributed by atoms with van der Waals surface area (Å²) in [4.78, 5) is 15.3. The third-order valence-corrected chi connectivity index (χ3v) is 7.51. The van der Waals surface area contributed by atoms with Crippen molar-refractivity contribution in [3.8, 4) is 0 Å². The third kappa shape index (κ3) is 5.27. The summed E-state index contributed by atoms with van der Waals surface area (Å²) in [6, 6.07) is 12.9. The number of sulfonamides is 1. The first-order valence-electron chi connectivity index (χ1n) is 11.3. The van der Waals surface area contributed by atoms with E-state index in [1.54, 1.807) is 36.4 Å². The van der Waals surface area contributed by atoms with Crippen molar-refractivity contribution in [2.24, 2.45) is 15.7 Å². The molecular formula is C25H30FN3O3S. The SMILES string of the molecule is CC(C)(C)CC(NC(=O)C1CCN(C2=NS(=O)(=O)c3ccccc32)CC1)c1ccc(F)cc1. The van der Waals surface area contributed by atoms with Gasteiger partial charge in [0.1, 0.15) is 10.7 Å². The fourth-order valence-corrected chi connectivity index (χ4v) is 5.75. The number of likely N-dealkylation sites (tertiary alicyclic amines) is 1. The zero-order chi connectivity index (χ0) is 23.8. The van der Waals surface area contributed by atoms with Gasteiger partial charge in [-0.2, -0.15) is 8.42 Å². The summed E-state index contributed by atoms with van der Waals surface area (Å²) in [6.07, 6.45) is 1.95. The molecule has 2 aromatic carbocycles. The lowest BCUT2D eigenvalue weighted by Crippen LogP contribution is -2.44. The van der Waals surface area contributed by atoms with Gasteiger partial charge in [-0.05, 0) is 54.5 Å². The van der Waals surface area contributed by atoms with Gasteiger partial charge in [-0.15, -0.1) is 4.40 Å². The monoisotopic (exact) mass is 471 g/mol.